The first-order valence-corrected chi connectivity index (χ1v) is 7.40. The van der Waals surface area contributed by atoms with Gasteiger partial charge in [0.2, 0.25) is 0 Å². The molecule has 2 nitrogen and oxygen atoms in total. The summed E-state index contributed by atoms with van der Waals surface area (Å²) in [6, 6.07) is 8.92. The Morgan fingerprint density at radius 1 is 1.29 bits per heavy atom. The molecular formula is C14H18N2S. The maximum atomic E-state index is 9.17. The maximum absolute atomic E-state index is 9.17. The zero-order valence-electron chi connectivity index (χ0n) is 10.2. The molecule has 17 heavy (non-hydrogen) atoms. The average Bonchev–Trinajstić information content (AvgIpc) is 2.40. The summed E-state index contributed by atoms with van der Waals surface area (Å²) in [5.41, 5.74) is 1.76. The van der Waals surface area contributed by atoms with Crippen LogP contribution in [0.1, 0.15) is 37.7 Å². The van der Waals surface area contributed by atoms with Crippen LogP contribution in [0.15, 0.2) is 23.1 Å². The number of hydrogen-bond acceptors (Lipinski definition) is 3. The van der Waals surface area contributed by atoms with Gasteiger partial charge < -0.3 is 5.32 Å². The van der Waals surface area contributed by atoms with Crippen LogP contribution in [0.5, 0.6) is 0 Å². The fraction of sp³-hybridized carbons (Fsp3) is 0.500. The second kappa shape index (κ2) is 5.97. The summed E-state index contributed by atoms with van der Waals surface area (Å²) >= 11 is 1.67. The molecule has 1 fully saturated rings. The maximum Gasteiger partial charge on any atom is 0.101 e. The number of benzene rings is 1. The van der Waals surface area contributed by atoms with Gasteiger partial charge in [-0.3, -0.25) is 0 Å². The molecule has 1 aliphatic rings. The lowest BCUT2D eigenvalue weighted by atomic mass is 9.95. The van der Waals surface area contributed by atoms with Crippen LogP contribution in [0, 0.1) is 11.3 Å². The first-order valence-electron chi connectivity index (χ1n) is 6.18. The van der Waals surface area contributed by atoms with Crippen LogP contribution in [0.2, 0.25) is 0 Å². The summed E-state index contributed by atoms with van der Waals surface area (Å²) in [6.45, 7) is 0. The summed E-state index contributed by atoms with van der Waals surface area (Å²) < 4.78 is 0. The van der Waals surface area contributed by atoms with E-state index in [1.807, 2.05) is 18.4 Å². The Morgan fingerprint density at radius 3 is 2.71 bits per heavy atom. The van der Waals surface area contributed by atoms with E-state index in [0.29, 0.717) is 6.04 Å². The van der Waals surface area contributed by atoms with E-state index in [9.17, 15) is 0 Å². The van der Waals surface area contributed by atoms with Crippen molar-refractivity contribution >= 4 is 17.4 Å². The normalized spacial score (nSPS) is 16.5. The summed E-state index contributed by atoms with van der Waals surface area (Å²) in [5, 5.41) is 12.7. The lowest BCUT2D eigenvalue weighted by Crippen LogP contribution is -2.22. The quantitative estimate of drug-likeness (QED) is 0.818. The van der Waals surface area contributed by atoms with Crippen LogP contribution in [0.4, 0.5) is 5.69 Å². The summed E-state index contributed by atoms with van der Waals surface area (Å²) in [7, 11) is 0. The molecule has 1 N–H and O–H groups in total. The van der Waals surface area contributed by atoms with Crippen molar-refractivity contribution in [3.05, 3.63) is 23.8 Å². The predicted octanol–water partition coefficient (Wildman–Crippen LogP) is 4.02. The van der Waals surface area contributed by atoms with E-state index in [4.69, 9.17) is 5.26 Å². The van der Waals surface area contributed by atoms with Gasteiger partial charge in [0.05, 0.1) is 11.3 Å². The van der Waals surface area contributed by atoms with Crippen molar-refractivity contribution in [1.29, 1.82) is 5.26 Å². The number of anilines is 1. The lowest BCUT2D eigenvalue weighted by Gasteiger charge is -2.24. The molecule has 0 aromatic heterocycles. The zero-order valence-corrected chi connectivity index (χ0v) is 11.0. The average molecular weight is 246 g/mol. The highest BCUT2D eigenvalue weighted by molar-refractivity contribution is 7.98. The van der Waals surface area contributed by atoms with Crippen molar-refractivity contribution in [2.75, 3.05) is 11.6 Å². The highest BCUT2D eigenvalue weighted by Crippen LogP contribution is 2.26. The zero-order chi connectivity index (χ0) is 12.1. The SMILES string of the molecule is CSc1ccc(NC2CCCCC2)c(C#N)c1. The Morgan fingerprint density at radius 2 is 2.06 bits per heavy atom. The highest BCUT2D eigenvalue weighted by Gasteiger charge is 2.14. The first kappa shape index (κ1) is 12.3. The third kappa shape index (κ3) is 3.17. The van der Waals surface area contributed by atoms with Crippen LogP contribution >= 0.6 is 11.8 Å². The Labute approximate surface area is 107 Å². The molecule has 1 aromatic rings. The number of rotatable bonds is 3. The Kier molecular flexibility index (Phi) is 4.33. The summed E-state index contributed by atoms with van der Waals surface area (Å²) in [4.78, 5) is 1.15. The minimum atomic E-state index is 0.552. The van der Waals surface area contributed by atoms with Crippen LogP contribution in [0.3, 0.4) is 0 Å². The minimum absolute atomic E-state index is 0.552. The van der Waals surface area contributed by atoms with E-state index in [1.165, 1.54) is 32.1 Å². The van der Waals surface area contributed by atoms with Crippen molar-refractivity contribution in [2.45, 2.75) is 43.0 Å². The molecule has 0 aliphatic heterocycles. The Balaban J connectivity index is 2.12. The molecule has 1 aromatic carbocycles. The third-order valence-electron chi connectivity index (χ3n) is 3.31. The molecule has 2 rings (SSSR count). The molecule has 0 unspecified atom stereocenters. The van der Waals surface area contributed by atoms with E-state index in [0.717, 1.165) is 16.1 Å². The van der Waals surface area contributed by atoms with E-state index in [1.54, 1.807) is 11.8 Å². The molecule has 0 radical (unpaired) electrons. The molecule has 90 valence electrons. The molecular weight excluding hydrogens is 228 g/mol. The van der Waals surface area contributed by atoms with E-state index >= 15 is 0 Å². The lowest BCUT2D eigenvalue weighted by molar-refractivity contribution is 0.462. The Hall–Kier alpha value is -1.14. The van der Waals surface area contributed by atoms with Gasteiger partial charge in [0, 0.05) is 10.9 Å². The van der Waals surface area contributed by atoms with Crippen LogP contribution in [-0.4, -0.2) is 12.3 Å². The van der Waals surface area contributed by atoms with Gasteiger partial charge >= 0.3 is 0 Å². The molecule has 1 aliphatic carbocycles. The van der Waals surface area contributed by atoms with Gasteiger partial charge in [-0.05, 0) is 37.3 Å². The molecule has 0 spiro atoms. The highest BCUT2D eigenvalue weighted by atomic mass is 32.2. The molecule has 0 amide bonds. The first-order chi connectivity index (χ1) is 8.33. The van der Waals surface area contributed by atoms with Crippen LogP contribution in [0.25, 0.3) is 0 Å². The van der Waals surface area contributed by atoms with Gasteiger partial charge in [-0.15, -0.1) is 11.8 Å². The van der Waals surface area contributed by atoms with Gasteiger partial charge in [-0.2, -0.15) is 5.26 Å². The number of nitrogens with zero attached hydrogens (tertiary/aromatic N) is 1. The van der Waals surface area contributed by atoms with Crippen molar-refractivity contribution in [3.8, 4) is 6.07 Å². The van der Waals surface area contributed by atoms with E-state index < -0.39 is 0 Å². The fourth-order valence-corrected chi connectivity index (χ4v) is 2.78. The summed E-state index contributed by atoms with van der Waals surface area (Å²) in [6.07, 6.45) is 8.47. The molecule has 0 saturated heterocycles. The standard InChI is InChI=1S/C14H18N2S/c1-17-13-7-8-14(11(9-13)10-15)16-12-5-3-2-4-6-12/h7-9,12,16H,2-6H2,1H3. The molecule has 0 atom stereocenters. The van der Waals surface area contributed by atoms with Crippen molar-refractivity contribution in [2.24, 2.45) is 0 Å². The van der Waals surface area contributed by atoms with Crippen LogP contribution < -0.4 is 5.32 Å². The number of nitrogens with one attached hydrogen (secondary N) is 1. The fourth-order valence-electron chi connectivity index (χ4n) is 2.34. The number of thioether (sulfide) groups is 1. The topological polar surface area (TPSA) is 35.8 Å². The molecule has 0 heterocycles. The molecule has 3 heteroatoms. The third-order valence-corrected chi connectivity index (χ3v) is 4.04. The largest absolute Gasteiger partial charge is 0.381 e. The van der Waals surface area contributed by atoms with E-state index in [-0.39, 0.29) is 0 Å². The second-order valence-electron chi connectivity index (χ2n) is 4.50. The van der Waals surface area contributed by atoms with Gasteiger partial charge in [0.15, 0.2) is 0 Å². The number of hydrogen-bond donors (Lipinski definition) is 1. The molecule has 0 bridgehead atoms. The van der Waals surface area contributed by atoms with Gasteiger partial charge in [0.1, 0.15) is 6.07 Å². The monoisotopic (exact) mass is 246 g/mol. The van der Waals surface area contributed by atoms with Gasteiger partial charge in [-0.25, -0.2) is 0 Å². The minimum Gasteiger partial charge on any atom is -0.381 e. The number of nitriles is 1. The van der Waals surface area contributed by atoms with Crippen molar-refractivity contribution < 1.29 is 0 Å². The van der Waals surface area contributed by atoms with Gasteiger partial charge in [-0.1, -0.05) is 19.3 Å². The van der Waals surface area contributed by atoms with Crippen molar-refractivity contribution in [3.63, 3.8) is 0 Å². The van der Waals surface area contributed by atoms with Crippen molar-refractivity contribution in [1.82, 2.24) is 0 Å². The summed E-state index contributed by atoms with van der Waals surface area (Å²) in [5.74, 6) is 0. The van der Waals surface area contributed by atoms with Crippen LogP contribution in [-0.2, 0) is 0 Å². The molecule has 1 saturated carbocycles. The van der Waals surface area contributed by atoms with E-state index in [2.05, 4.69) is 17.5 Å². The Bertz CT molecular complexity index is 417. The predicted molar refractivity (Wildman–Crippen MR) is 73.4 cm³/mol. The second-order valence-corrected chi connectivity index (χ2v) is 5.38. The smallest absolute Gasteiger partial charge is 0.101 e. The van der Waals surface area contributed by atoms with Gasteiger partial charge in [0.25, 0.3) is 0 Å².